The number of hydrogen-bond acceptors (Lipinski definition) is 3. The highest BCUT2D eigenvalue weighted by molar-refractivity contribution is 9.10. The topological polar surface area (TPSA) is 35.0 Å². The van der Waals surface area contributed by atoms with E-state index in [1.165, 1.54) is 0 Å². The molecule has 0 aliphatic carbocycles. The van der Waals surface area contributed by atoms with E-state index in [0.717, 1.165) is 21.3 Å². The number of halogens is 2. The molecule has 0 saturated carbocycles. The Morgan fingerprint density at radius 3 is 2.14 bits per heavy atom. The van der Waals surface area contributed by atoms with Gasteiger partial charge in [0, 0.05) is 16.0 Å². The van der Waals surface area contributed by atoms with Gasteiger partial charge in [0.15, 0.2) is 0 Å². The van der Waals surface area contributed by atoms with Crippen molar-refractivity contribution in [2.75, 3.05) is 0 Å². The second-order valence-corrected chi connectivity index (χ2v) is 7.26. The van der Waals surface area contributed by atoms with Gasteiger partial charge in [-0.15, -0.1) is 0 Å². The third-order valence-electron chi connectivity index (χ3n) is 2.97. The molecule has 2 aromatic rings. The maximum absolute atomic E-state index is 6.07. The van der Waals surface area contributed by atoms with Crippen LogP contribution in [0.2, 0.25) is 5.15 Å². The van der Waals surface area contributed by atoms with E-state index in [-0.39, 0.29) is 5.41 Å². The van der Waals surface area contributed by atoms with Crippen molar-refractivity contribution in [1.29, 1.82) is 0 Å². The lowest BCUT2D eigenvalue weighted by Gasteiger charge is -2.17. The quantitative estimate of drug-likeness (QED) is 0.646. The van der Waals surface area contributed by atoms with Gasteiger partial charge in [-0.2, -0.15) is 4.98 Å². The monoisotopic (exact) mass is 368 g/mol. The van der Waals surface area contributed by atoms with Gasteiger partial charge in [-0.1, -0.05) is 48.3 Å². The van der Waals surface area contributed by atoms with Crippen LogP contribution in [-0.4, -0.2) is 9.97 Å². The Bertz CT molecular complexity index is 657. The molecule has 0 unspecified atom stereocenters. The lowest BCUT2D eigenvalue weighted by atomic mass is 9.96. The molecule has 0 fully saturated rings. The molecule has 112 valence electrons. The number of aromatic nitrogens is 2. The molecule has 0 amide bonds. The smallest absolute Gasteiger partial charge is 0.224 e. The van der Waals surface area contributed by atoms with Crippen LogP contribution in [0.5, 0.6) is 11.6 Å². The summed E-state index contributed by atoms with van der Waals surface area (Å²) in [5, 5.41) is 0.385. The van der Waals surface area contributed by atoms with Gasteiger partial charge in [-0.25, -0.2) is 4.98 Å². The summed E-state index contributed by atoms with van der Waals surface area (Å²) in [5.74, 6) is 1.86. The highest BCUT2D eigenvalue weighted by Crippen LogP contribution is 2.30. The molecule has 5 heteroatoms. The van der Waals surface area contributed by atoms with Gasteiger partial charge in [0.2, 0.25) is 5.88 Å². The molecule has 2 rings (SSSR count). The molecule has 0 aliphatic heterocycles. The zero-order valence-electron chi connectivity index (χ0n) is 12.8. The molecule has 1 aromatic heterocycles. The molecule has 1 heterocycles. The van der Waals surface area contributed by atoms with Crippen LogP contribution in [-0.2, 0) is 5.41 Å². The van der Waals surface area contributed by atoms with Gasteiger partial charge in [0.25, 0.3) is 0 Å². The Kier molecular flexibility index (Phi) is 4.59. The van der Waals surface area contributed by atoms with Crippen LogP contribution in [0.3, 0.4) is 0 Å². The van der Waals surface area contributed by atoms with Gasteiger partial charge >= 0.3 is 0 Å². The standard InChI is InChI=1S/C16H18BrClN2O/c1-9-6-11(7-10(2)14(9)17)21-13-8-12(18)19-15(20-13)16(3,4)5/h6-8H,1-5H3. The third kappa shape index (κ3) is 3.95. The maximum atomic E-state index is 6.07. The number of benzene rings is 1. The average Bonchev–Trinajstić information content (AvgIpc) is 2.34. The third-order valence-corrected chi connectivity index (χ3v) is 4.42. The average molecular weight is 370 g/mol. The number of hydrogen-bond donors (Lipinski definition) is 0. The van der Waals surface area contributed by atoms with Gasteiger partial charge in [-0.3, -0.25) is 0 Å². The molecular formula is C16H18BrClN2O. The lowest BCUT2D eigenvalue weighted by Crippen LogP contribution is -2.16. The fraction of sp³-hybridized carbons (Fsp3) is 0.375. The minimum Gasteiger partial charge on any atom is -0.439 e. The molecule has 0 bridgehead atoms. The van der Waals surface area contributed by atoms with Crippen molar-refractivity contribution >= 4 is 27.5 Å². The summed E-state index contributed by atoms with van der Waals surface area (Å²) in [4.78, 5) is 8.72. The SMILES string of the molecule is Cc1cc(Oc2cc(Cl)nc(C(C)(C)C)n2)cc(C)c1Br. The molecular weight excluding hydrogens is 352 g/mol. The van der Waals surface area contributed by atoms with Crippen molar-refractivity contribution in [2.45, 2.75) is 40.0 Å². The lowest BCUT2D eigenvalue weighted by molar-refractivity contribution is 0.445. The maximum Gasteiger partial charge on any atom is 0.224 e. The first-order valence-electron chi connectivity index (χ1n) is 6.66. The van der Waals surface area contributed by atoms with Crippen molar-refractivity contribution < 1.29 is 4.74 Å². The van der Waals surface area contributed by atoms with Crippen LogP contribution in [0, 0.1) is 13.8 Å². The normalized spacial score (nSPS) is 11.6. The van der Waals surface area contributed by atoms with E-state index in [0.29, 0.717) is 16.9 Å². The molecule has 0 radical (unpaired) electrons. The fourth-order valence-electron chi connectivity index (χ4n) is 1.87. The summed E-state index contributed by atoms with van der Waals surface area (Å²) in [5.41, 5.74) is 2.04. The Balaban J connectivity index is 2.38. The van der Waals surface area contributed by atoms with Crippen LogP contribution in [0.1, 0.15) is 37.7 Å². The minimum absolute atomic E-state index is 0.186. The Hall–Kier alpha value is -1.13. The van der Waals surface area contributed by atoms with Crippen molar-refractivity contribution in [3.8, 4) is 11.6 Å². The van der Waals surface area contributed by atoms with E-state index in [1.807, 2.05) is 46.8 Å². The second-order valence-electron chi connectivity index (χ2n) is 6.08. The Labute approximate surface area is 138 Å². The molecule has 0 spiro atoms. The van der Waals surface area contributed by atoms with Gasteiger partial charge in [0.05, 0.1) is 0 Å². The Morgan fingerprint density at radius 2 is 1.62 bits per heavy atom. The van der Waals surface area contributed by atoms with E-state index in [4.69, 9.17) is 16.3 Å². The summed E-state index contributed by atoms with van der Waals surface area (Å²) in [6.45, 7) is 10.2. The predicted molar refractivity (Wildman–Crippen MR) is 89.4 cm³/mol. The summed E-state index contributed by atoms with van der Waals surface area (Å²) in [6, 6.07) is 5.55. The highest BCUT2D eigenvalue weighted by Gasteiger charge is 2.19. The molecule has 0 atom stereocenters. The van der Waals surface area contributed by atoms with E-state index in [1.54, 1.807) is 6.07 Å². The van der Waals surface area contributed by atoms with Crippen LogP contribution in [0.4, 0.5) is 0 Å². The highest BCUT2D eigenvalue weighted by atomic mass is 79.9. The van der Waals surface area contributed by atoms with Gasteiger partial charge in [-0.05, 0) is 37.1 Å². The number of ether oxygens (including phenoxy) is 1. The van der Waals surface area contributed by atoms with E-state index >= 15 is 0 Å². The van der Waals surface area contributed by atoms with Crippen LogP contribution < -0.4 is 4.74 Å². The van der Waals surface area contributed by atoms with Crippen LogP contribution in [0.25, 0.3) is 0 Å². The minimum atomic E-state index is -0.186. The van der Waals surface area contributed by atoms with E-state index < -0.39 is 0 Å². The molecule has 21 heavy (non-hydrogen) atoms. The summed E-state index contributed by atoms with van der Waals surface area (Å²) in [6.07, 6.45) is 0. The number of aryl methyl sites for hydroxylation is 2. The first kappa shape index (κ1) is 16.2. The molecule has 3 nitrogen and oxygen atoms in total. The summed E-state index contributed by atoms with van der Waals surface area (Å²) in [7, 11) is 0. The second kappa shape index (κ2) is 5.93. The molecule has 1 aromatic carbocycles. The summed E-state index contributed by atoms with van der Waals surface area (Å²) < 4.78 is 6.94. The van der Waals surface area contributed by atoms with Crippen molar-refractivity contribution in [2.24, 2.45) is 0 Å². The zero-order valence-corrected chi connectivity index (χ0v) is 15.1. The first-order chi connectivity index (χ1) is 9.66. The first-order valence-corrected chi connectivity index (χ1v) is 7.83. The predicted octanol–water partition coefficient (Wildman–Crippen LogP) is 5.60. The van der Waals surface area contributed by atoms with Gasteiger partial charge in [0.1, 0.15) is 16.7 Å². The van der Waals surface area contributed by atoms with Crippen molar-refractivity contribution in [1.82, 2.24) is 9.97 Å². The molecule has 0 aliphatic rings. The number of nitrogens with zero attached hydrogens (tertiary/aromatic N) is 2. The molecule has 0 saturated heterocycles. The van der Waals surface area contributed by atoms with E-state index in [2.05, 4.69) is 25.9 Å². The van der Waals surface area contributed by atoms with Crippen LogP contribution >= 0.6 is 27.5 Å². The van der Waals surface area contributed by atoms with E-state index in [9.17, 15) is 0 Å². The van der Waals surface area contributed by atoms with Gasteiger partial charge < -0.3 is 4.74 Å². The van der Waals surface area contributed by atoms with Crippen LogP contribution in [0.15, 0.2) is 22.7 Å². The number of rotatable bonds is 2. The zero-order chi connectivity index (χ0) is 15.8. The van der Waals surface area contributed by atoms with Crippen molar-refractivity contribution in [3.63, 3.8) is 0 Å². The largest absolute Gasteiger partial charge is 0.439 e. The van der Waals surface area contributed by atoms with Crippen molar-refractivity contribution in [3.05, 3.63) is 44.8 Å². The fourth-order valence-corrected chi connectivity index (χ4v) is 2.27. The summed E-state index contributed by atoms with van der Waals surface area (Å²) >= 11 is 9.62. The molecule has 0 N–H and O–H groups in total. The Morgan fingerprint density at radius 1 is 1.05 bits per heavy atom.